The molecule has 4 aromatic rings. The zero-order valence-corrected chi connectivity index (χ0v) is 18.4. The highest BCUT2D eigenvalue weighted by Crippen LogP contribution is 2.26. The summed E-state index contributed by atoms with van der Waals surface area (Å²) < 4.78 is 7.15. The number of fused-ring (bicyclic) bond motifs is 3. The SMILES string of the molecule is COc1ccc2[nH]c3c(=O)n(CCCCC(=O)Nc4cccc(Cl)c4)c(=S)[nH]c3c2c1. The molecule has 0 aliphatic carbocycles. The summed E-state index contributed by atoms with van der Waals surface area (Å²) in [5.74, 6) is 0.604. The minimum Gasteiger partial charge on any atom is -0.497 e. The normalized spacial score (nSPS) is 11.2. The fourth-order valence-electron chi connectivity index (χ4n) is 3.54. The number of benzene rings is 2. The van der Waals surface area contributed by atoms with E-state index >= 15 is 0 Å². The van der Waals surface area contributed by atoms with Crippen molar-refractivity contribution < 1.29 is 9.53 Å². The first-order valence-electron chi connectivity index (χ1n) is 9.84. The van der Waals surface area contributed by atoms with Crippen LogP contribution in [0.2, 0.25) is 5.02 Å². The number of rotatable bonds is 7. The van der Waals surface area contributed by atoms with Gasteiger partial charge in [-0.1, -0.05) is 17.7 Å². The monoisotopic (exact) mass is 456 g/mol. The van der Waals surface area contributed by atoms with Gasteiger partial charge in [0.15, 0.2) is 4.77 Å². The molecule has 2 aromatic carbocycles. The molecular weight excluding hydrogens is 436 g/mol. The van der Waals surface area contributed by atoms with Gasteiger partial charge in [-0.25, -0.2) is 0 Å². The second-order valence-corrected chi connectivity index (χ2v) is 8.01. The third-order valence-corrected chi connectivity index (χ3v) is 5.64. The molecule has 3 N–H and O–H groups in total. The van der Waals surface area contributed by atoms with Crippen LogP contribution in [0.25, 0.3) is 21.9 Å². The lowest BCUT2D eigenvalue weighted by Gasteiger charge is -2.08. The Kier molecular flexibility index (Phi) is 6.11. The summed E-state index contributed by atoms with van der Waals surface area (Å²) in [7, 11) is 1.60. The van der Waals surface area contributed by atoms with Crippen molar-refractivity contribution in [1.82, 2.24) is 14.5 Å². The maximum absolute atomic E-state index is 13.0. The van der Waals surface area contributed by atoms with Crippen molar-refractivity contribution in [2.75, 3.05) is 12.4 Å². The summed E-state index contributed by atoms with van der Waals surface area (Å²) in [6.45, 7) is 0.424. The molecule has 0 saturated carbocycles. The number of aromatic amines is 2. The number of nitrogens with one attached hydrogen (secondary N) is 3. The summed E-state index contributed by atoms with van der Waals surface area (Å²) in [5.41, 5.74) is 2.44. The smallest absolute Gasteiger partial charge is 0.278 e. The van der Waals surface area contributed by atoms with Gasteiger partial charge in [-0.15, -0.1) is 0 Å². The summed E-state index contributed by atoms with van der Waals surface area (Å²) in [4.78, 5) is 31.5. The largest absolute Gasteiger partial charge is 0.497 e. The van der Waals surface area contributed by atoms with Crippen LogP contribution >= 0.6 is 23.8 Å². The first-order valence-corrected chi connectivity index (χ1v) is 10.6. The van der Waals surface area contributed by atoms with Gasteiger partial charge in [-0.2, -0.15) is 0 Å². The molecule has 4 rings (SSSR count). The second kappa shape index (κ2) is 8.95. The van der Waals surface area contributed by atoms with E-state index in [-0.39, 0.29) is 11.5 Å². The highest BCUT2D eigenvalue weighted by atomic mass is 35.5. The number of unbranched alkanes of at least 4 members (excludes halogenated alkanes) is 1. The number of nitrogens with zero attached hydrogens (tertiary/aromatic N) is 1. The standard InChI is InChI=1S/C22H21ClN4O3S/c1-30-15-8-9-17-16(12-15)19-20(25-17)21(29)27(22(31)26-19)10-3-2-7-18(28)24-14-6-4-5-13(23)11-14/h4-6,8-9,11-12,25H,2-3,7,10H2,1H3,(H,24,28)(H,26,31). The fourth-order valence-corrected chi connectivity index (χ4v) is 4.00. The van der Waals surface area contributed by atoms with Gasteiger partial charge < -0.3 is 20.0 Å². The van der Waals surface area contributed by atoms with Crippen LogP contribution in [0.4, 0.5) is 5.69 Å². The van der Waals surface area contributed by atoms with Gasteiger partial charge in [-0.3, -0.25) is 14.2 Å². The first-order chi connectivity index (χ1) is 15.0. The molecule has 0 bridgehead atoms. The van der Waals surface area contributed by atoms with Crippen molar-refractivity contribution in [3.63, 3.8) is 0 Å². The number of methoxy groups -OCH3 is 1. The molecule has 9 heteroatoms. The van der Waals surface area contributed by atoms with Gasteiger partial charge in [0.2, 0.25) is 5.91 Å². The molecule has 7 nitrogen and oxygen atoms in total. The number of carbonyl (C=O) groups excluding carboxylic acids is 1. The number of H-pyrrole nitrogens is 2. The number of carbonyl (C=O) groups is 1. The summed E-state index contributed by atoms with van der Waals surface area (Å²) in [6.07, 6.45) is 1.60. The number of hydrogen-bond donors (Lipinski definition) is 3. The zero-order chi connectivity index (χ0) is 22.0. The lowest BCUT2D eigenvalue weighted by molar-refractivity contribution is -0.116. The molecule has 31 heavy (non-hydrogen) atoms. The molecule has 0 aliphatic heterocycles. The van der Waals surface area contributed by atoms with E-state index in [4.69, 9.17) is 28.6 Å². The van der Waals surface area contributed by atoms with E-state index in [1.165, 1.54) is 4.57 Å². The quantitative estimate of drug-likeness (QED) is 0.269. The van der Waals surface area contributed by atoms with Crippen LogP contribution in [-0.4, -0.2) is 27.6 Å². The van der Waals surface area contributed by atoms with Crippen LogP contribution < -0.4 is 15.6 Å². The number of hydrogen-bond acceptors (Lipinski definition) is 4. The molecular formula is C22H21ClN4O3S. The van der Waals surface area contributed by atoms with Crippen LogP contribution in [0, 0.1) is 4.77 Å². The van der Waals surface area contributed by atoms with Gasteiger partial charge >= 0.3 is 0 Å². The number of amides is 1. The Bertz CT molecular complexity index is 1390. The summed E-state index contributed by atoms with van der Waals surface area (Å²) in [5, 5.41) is 4.23. The maximum Gasteiger partial charge on any atom is 0.278 e. The lowest BCUT2D eigenvalue weighted by Crippen LogP contribution is -2.22. The van der Waals surface area contributed by atoms with Crippen LogP contribution in [-0.2, 0) is 11.3 Å². The predicted octanol–water partition coefficient (Wildman–Crippen LogP) is 5.01. The lowest BCUT2D eigenvalue weighted by atomic mass is 10.2. The van der Waals surface area contributed by atoms with Gasteiger partial charge in [-0.05, 0) is 61.5 Å². The average molecular weight is 457 g/mol. The number of anilines is 1. The minimum absolute atomic E-state index is 0.0974. The minimum atomic E-state index is -0.183. The highest BCUT2D eigenvalue weighted by Gasteiger charge is 2.12. The van der Waals surface area contributed by atoms with E-state index in [0.717, 1.165) is 10.9 Å². The van der Waals surface area contributed by atoms with Crippen LogP contribution in [0.5, 0.6) is 5.75 Å². The van der Waals surface area contributed by atoms with E-state index in [2.05, 4.69) is 15.3 Å². The Balaban J connectivity index is 1.45. The van der Waals surface area contributed by atoms with Crippen molar-refractivity contribution in [2.45, 2.75) is 25.8 Å². The molecule has 0 unspecified atom stereocenters. The van der Waals surface area contributed by atoms with Gasteiger partial charge in [0.05, 0.1) is 12.6 Å². The Hall–Kier alpha value is -3.10. The zero-order valence-electron chi connectivity index (χ0n) is 16.8. The Labute approximate surface area is 188 Å². The Morgan fingerprint density at radius 2 is 2.00 bits per heavy atom. The van der Waals surface area contributed by atoms with Crippen LogP contribution in [0.1, 0.15) is 19.3 Å². The average Bonchev–Trinajstić information content (AvgIpc) is 3.11. The van der Waals surface area contributed by atoms with Crippen molar-refractivity contribution in [3.8, 4) is 5.75 Å². The summed E-state index contributed by atoms with van der Waals surface area (Å²) >= 11 is 11.4. The van der Waals surface area contributed by atoms with Gasteiger partial charge in [0.25, 0.3) is 5.56 Å². The Morgan fingerprint density at radius 3 is 2.77 bits per heavy atom. The van der Waals surface area contributed by atoms with E-state index in [0.29, 0.717) is 58.1 Å². The molecule has 0 aliphatic rings. The molecule has 1 amide bonds. The van der Waals surface area contributed by atoms with Crippen molar-refractivity contribution >= 4 is 57.3 Å². The molecule has 0 radical (unpaired) electrons. The van der Waals surface area contributed by atoms with Gasteiger partial charge in [0.1, 0.15) is 11.3 Å². The molecule has 2 heterocycles. The number of halogens is 1. The van der Waals surface area contributed by atoms with Crippen LogP contribution in [0.15, 0.2) is 47.3 Å². The third kappa shape index (κ3) is 4.50. The molecule has 0 saturated heterocycles. The second-order valence-electron chi connectivity index (χ2n) is 7.19. The molecule has 0 spiro atoms. The fraction of sp³-hybridized carbons (Fsp3) is 0.227. The predicted molar refractivity (Wildman–Crippen MR) is 126 cm³/mol. The third-order valence-electron chi connectivity index (χ3n) is 5.09. The number of aromatic nitrogens is 3. The summed E-state index contributed by atoms with van der Waals surface area (Å²) in [6, 6.07) is 12.6. The number of ether oxygens (including phenoxy) is 1. The van der Waals surface area contributed by atoms with E-state index in [9.17, 15) is 9.59 Å². The maximum atomic E-state index is 13.0. The highest BCUT2D eigenvalue weighted by molar-refractivity contribution is 7.71. The van der Waals surface area contributed by atoms with E-state index in [1.807, 2.05) is 18.2 Å². The first kappa shape index (κ1) is 21.1. The molecule has 0 fully saturated rings. The van der Waals surface area contributed by atoms with E-state index < -0.39 is 0 Å². The van der Waals surface area contributed by atoms with Crippen molar-refractivity contribution in [1.29, 1.82) is 0 Å². The van der Waals surface area contributed by atoms with E-state index in [1.54, 1.807) is 31.4 Å². The van der Waals surface area contributed by atoms with Crippen molar-refractivity contribution in [3.05, 3.63) is 62.6 Å². The van der Waals surface area contributed by atoms with Crippen LogP contribution in [0.3, 0.4) is 0 Å². The van der Waals surface area contributed by atoms with Crippen molar-refractivity contribution in [2.24, 2.45) is 0 Å². The molecule has 2 aromatic heterocycles. The molecule has 0 atom stereocenters. The Morgan fingerprint density at radius 1 is 1.16 bits per heavy atom. The van der Waals surface area contributed by atoms with Gasteiger partial charge in [0, 0.05) is 34.6 Å². The molecule has 160 valence electrons. The topological polar surface area (TPSA) is 91.9 Å².